The van der Waals surface area contributed by atoms with Crippen LogP contribution in [0.15, 0.2) is 41.3 Å². The molecular weight excluding hydrogens is 490 g/mol. The quantitative estimate of drug-likeness (QED) is 0.275. The van der Waals surface area contributed by atoms with Crippen LogP contribution in [-0.4, -0.2) is 61.9 Å². The fourth-order valence-electron chi connectivity index (χ4n) is 3.52. The van der Waals surface area contributed by atoms with Gasteiger partial charge in [-0.05, 0) is 44.3 Å². The van der Waals surface area contributed by atoms with E-state index in [1.165, 1.54) is 21.8 Å². The summed E-state index contributed by atoms with van der Waals surface area (Å²) in [6.07, 6.45) is 0.445. The molecule has 6 nitrogen and oxygen atoms in total. The minimum atomic E-state index is 0. The number of thiazole rings is 1. The third-order valence-corrected chi connectivity index (χ3v) is 7.68. The van der Waals surface area contributed by atoms with Gasteiger partial charge in [0.1, 0.15) is 21.7 Å². The molecule has 3 rings (SSSR count). The molecular formula is C25H34ClN3O3S2. The summed E-state index contributed by atoms with van der Waals surface area (Å²) < 4.78 is 11.9. The van der Waals surface area contributed by atoms with Gasteiger partial charge < -0.3 is 14.4 Å². The molecule has 1 amide bonds. The number of rotatable bonds is 12. The van der Waals surface area contributed by atoms with E-state index in [0.29, 0.717) is 23.8 Å². The van der Waals surface area contributed by atoms with Gasteiger partial charge in [-0.15, -0.1) is 24.2 Å². The molecule has 186 valence electrons. The van der Waals surface area contributed by atoms with E-state index in [1.54, 1.807) is 26.0 Å². The zero-order chi connectivity index (χ0) is 23.8. The van der Waals surface area contributed by atoms with Gasteiger partial charge in [-0.25, -0.2) is 4.98 Å². The Kier molecular flexibility index (Phi) is 11.4. The normalized spacial score (nSPS) is 10.9. The largest absolute Gasteiger partial charge is 0.495 e. The molecule has 0 aliphatic heterocycles. The lowest BCUT2D eigenvalue weighted by molar-refractivity contribution is -0.118. The molecule has 0 aliphatic carbocycles. The lowest BCUT2D eigenvalue weighted by Crippen LogP contribution is -2.39. The van der Waals surface area contributed by atoms with Crippen molar-refractivity contribution in [1.29, 1.82) is 0 Å². The summed E-state index contributed by atoms with van der Waals surface area (Å²) in [7, 11) is 3.28. The van der Waals surface area contributed by atoms with E-state index in [9.17, 15) is 4.79 Å². The van der Waals surface area contributed by atoms with Gasteiger partial charge in [-0.2, -0.15) is 0 Å². The zero-order valence-electron chi connectivity index (χ0n) is 20.5. The second kappa shape index (κ2) is 13.8. The maximum Gasteiger partial charge on any atom is 0.229 e. The molecule has 0 aliphatic rings. The number of halogens is 1. The Bertz CT molecular complexity index is 1010. The highest BCUT2D eigenvalue weighted by atomic mass is 35.5. The highest BCUT2D eigenvalue weighted by Crippen LogP contribution is 2.40. The summed E-state index contributed by atoms with van der Waals surface area (Å²) in [6.45, 7) is 9.65. The molecule has 34 heavy (non-hydrogen) atoms. The second-order valence-electron chi connectivity index (χ2n) is 7.63. The molecule has 0 atom stereocenters. The molecule has 1 heterocycles. The number of aryl methyl sites for hydroxylation is 1. The Morgan fingerprint density at radius 2 is 1.65 bits per heavy atom. The van der Waals surface area contributed by atoms with Crippen LogP contribution in [0.25, 0.3) is 10.2 Å². The van der Waals surface area contributed by atoms with E-state index >= 15 is 0 Å². The van der Waals surface area contributed by atoms with Crippen molar-refractivity contribution in [3.63, 3.8) is 0 Å². The van der Waals surface area contributed by atoms with Crippen LogP contribution in [0.3, 0.4) is 0 Å². The molecule has 0 N–H and O–H groups in total. The smallest absolute Gasteiger partial charge is 0.229 e. The van der Waals surface area contributed by atoms with Gasteiger partial charge in [-0.3, -0.25) is 9.69 Å². The maximum atomic E-state index is 13.4. The van der Waals surface area contributed by atoms with Gasteiger partial charge in [-0.1, -0.05) is 42.9 Å². The first kappa shape index (κ1) is 28.2. The topological polar surface area (TPSA) is 54.9 Å². The number of likely N-dealkylation sites (N-methyl/N-ethyl adjacent to an activating group) is 1. The van der Waals surface area contributed by atoms with E-state index in [-0.39, 0.29) is 18.3 Å². The highest BCUT2D eigenvalue weighted by molar-refractivity contribution is 7.99. The lowest BCUT2D eigenvalue weighted by atomic mass is 10.2. The van der Waals surface area contributed by atoms with Crippen LogP contribution >= 0.6 is 35.5 Å². The van der Waals surface area contributed by atoms with Gasteiger partial charge in [0.05, 0.1) is 14.2 Å². The number of benzene rings is 2. The van der Waals surface area contributed by atoms with Crippen molar-refractivity contribution in [2.45, 2.75) is 32.1 Å². The molecule has 0 saturated heterocycles. The Hall–Kier alpha value is -2.00. The van der Waals surface area contributed by atoms with E-state index in [2.05, 4.69) is 49.9 Å². The summed E-state index contributed by atoms with van der Waals surface area (Å²) in [6, 6.07) is 12.1. The van der Waals surface area contributed by atoms with Crippen molar-refractivity contribution in [2.24, 2.45) is 0 Å². The van der Waals surface area contributed by atoms with Crippen molar-refractivity contribution in [2.75, 3.05) is 51.1 Å². The summed E-state index contributed by atoms with van der Waals surface area (Å²) in [5, 5.41) is 0.685. The van der Waals surface area contributed by atoms with Crippen LogP contribution in [0.2, 0.25) is 0 Å². The van der Waals surface area contributed by atoms with E-state index in [1.807, 2.05) is 17.0 Å². The van der Waals surface area contributed by atoms with Crippen molar-refractivity contribution >= 4 is 56.8 Å². The van der Waals surface area contributed by atoms with Gasteiger partial charge >= 0.3 is 0 Å². The van der Waals surface area contributed by atoms with Crippen molar-refractivity contribution in [3.8, 4) is 11.5 Å². The minimum Gasteiger partial charge on any atom is -0.495 e. The summed E-state index contributed by atoms with van der Waals surface area (Å²) in [5.41, 5.74) is 1.96. The van der Waals surface area contributed by atoms with Gasteiger partial charge in [0.25, 0.3) is 0 Å². The highest BCUT2D eigenvalue weighted by Gasteiger charge is 2.23. The fraction of sp³-hybridized carbons (Fsp3) is 0.440. The number of fused-ring (bicyclic) bond motifs is 1. The first-order valence-electron chi connectivity index (χ1n) is 11.2. The standard InChI is InChI=1S/C25H33N3O3S2.ClH/c1-6-27(7-2)15-16-28(22(29)14-17-32-19-10-8-18(3)9-11-19)25-26-23-20(30-4)12-13-21(31-5)24(23)33-25;/h8-13H,6-7,14-17H2,1-5H3;1H. The number of anilines is 1. The van der Waals surface area contributed by atoms with E-state index in [4.69, 9.17) is 14.5 Å². The van der Waals surface area contributed by atoms with Gasteiger partial charge in [0.15, 0.2) is 5.13 Å². The number of hydrogen-bond acceptors (Lipinski definition) is 7. The van der Waals surface area contributed by atoms with E-state index in [0.717, 1.165) is 41.4 Å². The average molecular weight is 524 g/mol. The number of hydrogen-bond donors (Lipinski definition) is 0. The monoisotopic (exact) mass is 523 g/mol. The molecule has 0 radical (unpaired) electrons. The number of ether oxygens (including phenoxy) is 2. The van der Waals surface area contributed by atoms with Crippen molar-refractivity contribution < 1.29 is 14.3 Å². The average Bonchev–Trinajstić information content (AvgIpc) is 3.27. The maximum absolute atomic E-state index is 13.4. The first-order valence-corrected chi connectivity index (χ1v) is 13.0. The molecule has 0 unspecified atom stereocenters. The van der Waals surface area contributed by atoms with Crippen molar-refractivity contribution in [3.05, 3.63) is 42.0 Å². The van der Waals surface area contributed by atoms with E-state index < -0.39 is 0 Å². The lowest BCUT2D eigenvalue weighted by Gasteiger charge is -2.24. The molecule has 0 fully saturated rings. The second-order valence-corrected chi connectivity index (χ2v) is 9.77. The third kappa shape index (κ3) is 7.01. The number of thioether (sulfide) groups is 1. The third-order valence-electron chi connectivity index (χ3n) is 5.57. The first-order chi connectivity index (χ1) is 16.0. The van der Waals surface area contributed by atoms with Crippen LogP contribution in [-0.2, 0) is 4.79 Å². The molecule has 3 aromatic rings. The predicted molar refractivity (Wildman–Crippen MR) is 147 cm³/mol. The van der Waals surface area contributed by atoms with Gasteiger partial charge in [0.2, 0.25) is 5.91 Å². The number of carbonyl (C=O) groups excluding carboxylic acids is 1. The number of aromatic nitrogens is 1. The molecule has 0 spiro atoms. The minimum absolute atomic E-state index is 0. The zero-order valence-corrected chi connectivity index (χ0v) is 22.9. The number of methoxy groups -OCH3 is 2. The molecule has 0 bridgehead atoms. The van der Waals surface area contributed by atoms with Crippen LogP contribution in [0.4, 0.5) is 5.13 Å². The van der Waals surface area contributed by atoms with Gasteiger partial charge in [0, 0.05) is 30.2 Å². The molecule has 2 aromatic carbocycles. The van der Waals surface area contributed by atoms with Crippen LogP contribution in [0.1, 0.15) is 25.8 Å². The summed E-state index contributed by atoms with van der Waals surface area (Å²) >= 11 is 3.18. The summed E-state index contributed by atoms with van der Waals surface area (Å²) in [5.74, 6) is 2.22. The fourth-order valence-corrected chi connectivity index (χ4v) is 5.48. The Morgan fingerprint density at radius 1 is 1.00 bits per heavy atom. The van der Waals surface area contributed by atoms with Crippen LogP contribution < -0.4 is 14.4 Å². The molecule has 0 saturated carbocycles. The van der Waals surface area contributed by atoms with Crippen LogP contribution in [0, 0.1) is 6.92 Å². The Balaban J connectivity index is 0.00000408. The predicted octanol–water partition coefficient (Wildman–Crippen LogP) is 5.90. The molecule has 1 aromatic heterocycles. The summed E-state index contributed by atoms with van der Waals surface area (Å²) in [4.78, 5) is 23.5. The number of nitrogens with zero attached hydrogens (tertiary/aromatic N) is 3. The molecule has 9 heteroatoms. The van der Waals surface area contributed by atoms with Crippen LogP contribution in [0.5, 0.6) is 11.5 Å². The Morgan fingerprint density at radius 3 is 2.26 bits per heavy atom. The number of carbonyl (C=O) groups is 1. The SMILES string of the molecule is CCN(CC)CCN(C(=O)CCSc1ccc(C)cc1)c1nc2c(OC)ccc(OC)c2s1.Cl. The number of amides is 1. The Labute approximate surface area is 217 Å². The van der Waals surface area contributed by atoms with Crippen molar-refractivity contribution in [1.82, 2.24) is 9.88 Å².